The summed E-state index contributed by atoms with van der Waals surface area (Å²) in [6.45, 7) is 4.60. The Labute approximate surface area is 211 Å². The Balaban J connectivity index is 0.00000289. The lowest BCUT2D eigenvalue weighted by Crippen LogP contribution is -2.37. The van der Waals surface area contributed by atoms with Crippen molar-refractivity contribution in [3.63, 3.8) is 0 Å². The molecule has 0 spiro atoms. The van der Waals surface area contributed by atoms with Crippen LogP contribution in [0.5, 0.6) is 11.5 Å². The van der Waals surface area contributed by atoms with Gasteiger partial charge in [0.05, 0.1) is 6.54 Å². The lowest BCUT2D eigenvalue weighted by atomic mass is 10.2. The number of nitrogens with one attached hydrogen (secondary N) is 2. The number of thioether (sulfide) groups is 1. The number of halogens is 1. The van der Waals surface area contributed by atoms with Gasteiger partial charge in [-0.2, -0.15) is 0 Å². The van der Waals surface area contributed by atoms with Gasteiger partial charge in [-0.3, -0.25) is 0 Å². The molecule has 0 saturated heterocycles. The fourth-order valence-corrected chi connectivity index (χ4v) is 4.72. The second kappa shape index (κ2) is 12.5. The molecule has 2 aliphatic rings. The van der Waals surface area contributed by atoms with E-state index in [1.165, 1.54) is 25.7 Å². The van der Waals surface area contributed by atoms with Crippen LogP contribution in [0.2, 0.25) is 0 Å². The van der Waals surface area contributed by atoms with Crippen molar-refractivity contribution in [1.29, 1.82) is 0 Å². The average molecular weight is 573 g/mol. The molecule has 8 nitrogen and oxygen atoms in total. The number of guanidine groups is 1. The van der Waals surface area contributed by atoms with Gasteiger partial charge in [0.2, 0.25) is 6.79 Å². The molecule has 0 bridgehead atoms. The zero-order valence-electron chi connectivity index (χ0n) is 18.8. The summed E-state index contributed by atoms with van der Waals surface area (Å²) in [6.07, 6.45) is 9.08. The lowest BCUT2D eigenvalue weighted by Gasteiger charge is -2.16. The van der Waals surface area contributed by atoms with Crippen LogP contribution >= 0.6 is 35.7 Å². The molecule has 32 heavy (non-hydrogen) atoms. The van der Waals surface area contributed by atoms with E-state index in [1.54, 1.807) is 11.8 Å². The number of fused-ring (bicyclic) bond motifs is 1. The molecule has 0 unspecified atom stereocenters. The first kappa shape index (κ1) is 24.9. The minimum absolute atomic E-state index is 0. The van der Waals surface area contributed by atoms with Crippen LogP contribution in [-0.2, 0) is 13.0 Å². The number of ether oxygens (including phenoxy) is 2. The Morgan fingerprint density at radius 2 is 2.00 bits per heavy atom. The van der Waals surface area contributed by atoms with Crippen LogP contribution in [0.15, 0.2) is 28.3 Å². The minimum atomic E-state index is 0. The minimum Gasteiger partial charge on any atom is -0.454 e. The molecule has 1 aliphatic heterocycles. The molecule has 2 aromatic rings. The van der Waals surface area contributed by atoms with E-state index in [1.807, 2.05) is 18.2 Å². The summed E-state index contributed by atoms with van der Waals surface area (Å²) in [5.74, 6) is 3.53. The number of nitrogens with zero attached hydrogens (tertiary/aromatic N) is 4. The summed E-state index contributed by atoms with van der Waals surface area (Å²) < 4.78 is 13.2. The summed E-state index contributed by atoms with van der Waals surface area (Å²) in [5.41, 5.74) is 1.09. The summed E-state index contributed by atoms with van der Waals surface area (Å²) in [6, 6.07) is 6.53. The number of aryl methyl sites for hydroxylation is 1. The molecule has 10 heteroatoms. The van der Waals surface area contributed by atoms with Crippen molar-refractivity contribution in [2.75, 3.05) is 26.1 Å². The smallest absolute Gasteiger partial charge is 0.231 e. The van der Waals surface area contributed by atoms with Gasteiger partial charge in [0.1, 0.15) is 5.82 Å². The highest BCUT2D eigenvalue weighted by Crippen LogP contribution is 2.34. The summed E-state index contributed by atoms with van der Waals surface area (Å²) >= 11 is 1.69. The lowest BCUT2D eigenvalue weighted by molar-refractivity contribution is 0.174. The Morgan fingerprint density at radius 1 is 1.19 bits per heavy atom. The molecular formula is C22H33IN6O2S. The van der Waals surface area contributed by atoms with E-state index in [-0.39, 0.29) is 24.0 Å². The molecule has 1 fully saturated rings. The summed E-state index contributed by atoms with van der Waals surface area (Å²) in [5, 5.41) is 16.7. The third-order valence-corrected chi connectivity index (χ3v) is 6.32. The second-order valence-electron chi connectivity index (χ2n) is 7.82. The molecule has 1 aromatic heterocycles. The molecule has 176 valence electrons. The SMILES string of the molecule is CCNC(=NCc1ccc2c(c1)OCO2)NCCCc1nnc(SC)n1C1CCCC1.I. The topological polar surface area (TPSA) is 85.6 Å². The molecule has 0 radical (unpaired) electrons. The van der Waals surface area contributed by atoms with Gasteiger partial charge in [-0.1, -0.05) is 30.7 Å². The number of aromatic nitrogens is 3. The van der Waals surface area contributed by atoms with Crippen LogP contribution in [0.3, 0.4) is 0 Å². The highest BCUT2D eigenvalue weighted by atomic mass is 127. The molecule has 1 aromatic carbocycles. The first-order valence-electron chi connectivity index (χ1n) is 11.2. The van der Waals surface area contributed by atoms with E-state index in [2.05, 4.69) is 38.6 Å². The van der Waals surface area contributed by atoms with Crippen LogP contribution in [-0.4, -0.2) is 46.9 Å². The first-order valence-corrected chi connectivity index (χ1v) is 12.4. The van der Waals surface area contributed by atoms with Gasteiger partial charge in [-0.25, -0.2) is 4.99 Å². The third kappa shape index (κ3) is 6.21. The number of hydrogen-bond donors (Lipinski definition) is 2. The maximum absolute atomic E-state index is 5.45. The van der Waals surface area contributed by atoms with Crippen LogP contribution in [0.25, 0.3) is 0 Å². The number of benzene rings is 1. The predicted octanol–water partition coefficient (Wildman–Crippen LogP) is 4.15. The molecule has 2 N–H and O–H groups in total. The quantitative estimate of drug-likeness (QED) is 0.154. The highest BCUT2D eigenvalue weighted by molar-refractivity contribution is 14.0. The van der Waals surface area contributed by atoms with E-state index in [0.717, 1.165) is 59.9 Å². The normalized spacial score (nSPS) is 15.6. The maximum Gasteiger partial charge on any atom is 0.231 e. The van der Waals surface area contributed by atoms with Crippen molar-refractivity contribution in [3.05, 3.63) is 29.6 Å². The number of hydrogen-bond acceptors (Lipinski definition) is 6. The van der Waals surface area contributed by atoms with Gasteiger partial charge < -0.3 is 24.7 Å². The second-order valence-corrected chi connectivity index (χ2v) is 8.60. The van der Waals surface area contributed by atoms with E-state index in [0.29, 0.717) is 19.4 Å². The molecule has 0 atom stereocenters. The Bertz CT molecular complexity index is 901. The monoisotopic (exact) mass is 572 g/mol. The van der Waals surface area contributed by atoms with Crippen molar-refractivity contribution in [2.45, 2.75) is 63.2 Å². The Morgan fingerprint density at radius 3 is 2.78 bits per heavy atom. The zero-order chi connectivity index (χ0) is 21.5. The van der Waals surface area contributed by atoms with Crippen molar-refractivity contribution in [2.24, 2.45) is 4.99 Å². The zero-order valence-corrected chi connectivity index (χ0v) is 21.9. The van der Waals surface area contributed by atoms with E-state index < -0.39 is 0 Å². The van der Waals surface area contributed by atoms with E-state index in [4.69, 9.17) is 14.5 Å². The van der Waals surface area contributed by atoms with Gasteiger partial charge >= 0.3 is 0 Å². The van der Waals surface area contributed by atoms with Crippen LogP contribution in [0, 0.1) is 0 Å². The maximum atomic E-state index is 5.45. The van der Waals surface area contributed by atoms with Gasteiger partial charge in [0.25, 0.3) is 0 Å². The molecule has 1 saturated carbocycles. The predicted molar refractivity (Wildman–Crippen MR) is 138 cm³/mol. The standard InChI is InChI=1S/C22H32N6O2S.HI/c1-3-23-21(25-14-16-10-11-18-19(13-16)30-15-29-18)24-12-6-9-20-26-27-22(31-2)28(20)17-7-4-5-8-17;/h10-11,13,17H,3-9,12,14-15H2,1-2H3,(H2,23,24,25);1H. The summed E-state index contributed by atoms with van der Waals surface area (Å²) in [4.78, 5) is 4.71. The van der Waals surface area contributed by atoms with Crippen LogP contribution < -0.4 is 20.1 Å². The van der Waals surface area contributed by atoms with Gasteiger partial charge in [0.15, 0.2) is 22.6 Å². The largest absolute Gasteiger partial charge is 0.454 e. The van der Waals surface area contributed by atoms with Crippen molar-refractivity contribution in [3.8, 4) is 11.5 Å². The Hall–Kier alpha value is -1.69. The number of aliphatic imine (C=N–C) groups is 1. The molecular weight excluding hydrogens is 539 g/mol. The summed E-state index contributed by atoms with van der Waals surface area (Å²) in [7, 11) is 0. The highest BCUT2D eigenvalue weighted by Gasteiger charge is 2.23. The van der Waals surface area contributed by atoms with Gasteiger partial charge in [0, 0.05) is 25.6 Å². The fraction of sp³-hybridized carbons (Fsp3) is 0.591. The van der Waals surface area contributed by atoms with Crippen LogP contribution in [0.4, 0.5) is 0 Å². The molecule has 1 aliphatic carbocycles. The van der Waals surface area contributed by atoms with Gasteiger partial charge in [-0.15, -0.1) is 34.2 Å². The van der Waals surface area contributed by atoms with E-state index in [9.17, 15) is 0 Å². The van der Waals surface area contributed by atoms with Crippen molar-refractivity contribution >= 4 is 41.7 Å². The van der Waals surface area contributed by atoms with Crippen LogP contribution in [0.1, 0.15) is 56.5 Å². The molecule has 2 heterocycles. The molecule has 0 amide bonds. The van der Waals surface area contributed by atoms with E-state index >= 15 is 0 Å². The third-order valence-electron chi connectivity index (χ3n) is 5.68. The fourth-order valence-electron chi connectivity index (χ4n) is 4.15. The van der Waals surface area contributed by atoms with Crippen molar-refractivity contribution in [1.82, 2.24) is 25.4 Å². The van der Waals surface area contributed by atoms with Gasteiger partial charge in [-0.05, 0) is 50.1 Å². The average Bonchev–Trinajstić information content (AvgIpc) is 3.54. The number of rotatable bonds is 9. The first-order chi connectivity index (χ1) is 15.3. The molecule has 4 rings (SSSR count). The van der Waals surface area contributed by atoms with Crippen molar-refractivity contribution < 1.29 is 9.47 Å². The Kier molecular flexibility index (Phi) is 9.76.